The maximum Gasteiger partial charge on any atom is 0.0721 e. The molecule has 2 saturated heterocycles. The Morgan fingerprint density at radius 3 is 3.09 bits per heavy atom. The Morgan fingerprint density at radius 2 is 2.45 bits per heavy atom. The van der Waals surface area contributed by atoms with E-state index in [-0.39, 0.29) is 5.60 Å². The van der Waals surface area contributed by atoms with Crippen molar-refractivity contribution in [3.8, 4) is 0 Å². The average molecular weight is 152 g/mol. The van der Waals surface area contributed by atoms with Gasteiger partial charge in [-0.3, -0.25) is 0 Å². The number of rotatable bonds is 1. The first-order valence-corrected chi connectivity index (χ1v) is 4.55. The van der Waals surface area contributed by atoms with Crippen LogP contribution in [0.5, 0.6) is 0 Å². The van der Waals surface area contributed by atoms with Gasteiger partial charge in [-0.2, -0.15) is 0 Å². The molecule has 2 fully saturated rings. The van der Waals surface area contributed by atoms with Gasteiger partial charge in [-0.25, -0.2) is 0 Å². The minimum Gasteiger partial charge on any atom is -0.371 e. The molecular weight excluding hydrogens is 136 g/mol. The smallest absolute Gasteiger partial charge is 0.0721 e. The second-order valence-electron chi connectivity index (χ2n) is 4.02. The minimum absolute atomic E-state index is 0.144. The van der Waals surface area contributed by atoms with Crippen LogP contribution in [0.3, 0.4) is 0 Å². The molecule has 0 aromatic carbocycles. The van der Waals surface area contributed by atoms with E-state index in [2.05, 4.69) is 19.6 Å². The van der Waals surface area contributed by atoms with Crippen molar-refractivity contribution in [2.45, 2.75) is 44.3 Å². The Hall–Kier alpha value is -0.300. The molecule has 2 aliphatic rings. The van der Waals surface area contributed by atoms with Crippen LogP contribution in [0.1, 0.15) is 32.6 Å². The van der Waals surface area contributed by atoms with Crippen molar-refractivity contribution in [3.63, 3.8) is 0 Å². The summed E-state index contributed by atoms with van der Waals surface area (Å²) >= 11 is 0. The standard InChI is InChI=1S/C10H16O/c1-3-8-7-9-5-4-6-10(8,2)11-9/h3,8-9H,1,4-7H2,2H3/t8-,9-,10+/m1/s1. The molecule has 0 aromatic heterocycles. The Balaban J connectivity index is 2.20. The zero-order chi connectivity index (χ0) is 7.90. The summed E-state index contributed by atoms with van der Waals surface area (Å²) in [4.78, 5) is 0. The predicted octanol–water partition coefficient (Wildman–Crippen LogP) is 2.52. The molecule has 3 atom stereocenters. The van der Waals surface area contributed by atoms with Gasteiger partial charge in [-0.1, -0.05) is 6.08 Å². The summed E-state index contributed by atoms with van der Waals surface area (Å²) in [5.74, 6) is 0.606. The van der Waals surface area contributed by atoms with E-state index in [0.29, 0.717) is 12.0 Å². The van der Waals surface area contributed by atoms with E-state index in [0.717, 1.165) is 0 Å². The second kappa shape index (κ2) is 2.34. The van der Waals surface area contributed by atoms with Gasteiger partial charge in [0.2, 0.25) is 0 Å². The summed E-state index contributed by atoms with van der Waals surface area (Å²) in [6, 6.07) is 0. The highest BCUT2D eigenvalue weighted by molar-refractivity contribution is 5.03. The lowest BCUT2D eigenvalue weighted by atomic mass is 9.87. The topological polar surface area (TPSA) is 9.23 Å². The summed E-state index contributed by atoms with van der Waals surface area (Å²) in [7, 11) is 0. The maximum absolute atomic E-state index is 5.92. The van der Waals surface area contributed by atoms with Crippen LogP contribution in [0.15, 0.2) is 12.7 Å². The number of hydrogen-bond acceptors (Lipinski definition) is 1. The molecule has 0 spiro atoms. The van der Waals surface area contributed by atoms with E-state index in [9.17, 15) is 0 Å². The van der Waals surface area contributed by atoms with Crippen LogP contribution in [0.4, 0.5) is 0 Å². The quantitative estimate of drug-likeness (QED) is 0.525. The molecule has 2 rings (SSSR count). The van der Waals surface area contributed by atoms with Gasteiger partial charge in [0, 0.05) is 5.92 Å². The lowest BCUT2D eigenvalue weighted by Crippen LogP contribution is -2.33. The SMILES string of the molecule is C=C[C@@H]1C[C@H]2CCC[C@]1(C)O2. The largest absolute Gasteiger partial charge is 0.371 e. The van der Waals surface area contributed by atoms with Crippen molar-refractivity contribution in [2.24, 2.45) is 5.92 Å². The highest BCUT2D eigenvalue weighted by atomic mass is 16.5. The molecule has 2 aliphatic heterocycles. The van der Waals surface area contributed by atoms with E-state index in [1.807, 2.05) is 0 Å². The average Bonchev–Trinajstić information content (AvgIpc) is 2.21. The molecule has 0 aromatic rings. The predicted molar refractivity (Wildman–Crippen MR) is 45.4 cm³/mol. The third-order valence-corrected chi connectivity index (χ3v) is 3.22. The zero-order valence-corrected chi connectivity index (χ0v) is 7.18. The van der Waals surface area contributed by atoms with Crippen LogP contribution in [0.2, 0.25) is 0 Å². The first-order chi connectivity index (χ1) is 5.24. The van der Waals surface area contributed by atoms with Gasteiger partial charge in [0.05, 0.1) is 11.7 Å². The molecule has 0 aliphatic carbocycles. The molecule has 0 unspecified atom stereocenters. The van der Waals surface area contributed by atoms with Gasteiger partial charge < -0.3 is 4.74 Å². The van der Waals surface area contributed by atoms with E-state index in [4.69, 9.17) is 4.74 Å². The molecule has 62 valence electrons. The summed E-state index contributed by atoms with van der Waals surface area (Å²) in [6.45, 7) is 6.10. The maximum atomic E-state index is 5.92. The molecule has 11 heavy (non-hydrogen) atoms. The lowest BCUT2D eigenvalue weighted by molar-refractivity contribution is -0.0734. The lowest BCUT2D eigenvalue weighted by Gasteiger charge is -2.32. The Morgan fingerprint density at radius 1 is 1.64 bits per heavy atom. The Labute approximate surface area is 68.4 Å². The summed E-state index contributed by atoms with van der Waals surface area (Å²) < 4.78 is 5.92. The third kappa shape index (κ3) is 1.02. The van der Waals surface area contributed by atoms with E-state index in [1.165, 1.54) is 25.7 Å². The van der Waals surface area contributed by atoms with Crippen molar-refractivity contribution < 1.29 is 4.74 Å². The summed E-state index contributed by atoms with van der Waals surface area (Å²) in [5, 5.41) is 0. The van der Waals surface area contributed by atoms with E-state index in [1.54, 1.807) is 0 Å². The van der Waals surface area contributed by atoms with Gasteiger partial charge in [0.15, 0.2) is 0 Å². The minimum atomic E-state index is 0.144. The highest BCUT2D eigenvalue weighted by Gasteiger charge is 2.45. The Bertz CT molecular complexity index is 176. The van der Waals surface area contributed by atoms with Crippen LogP contribution in [0.25, 0.3) is 0 Å². The Kier molecular flexibility index (Phi) is 1.57. The first-order valence-electron chi connectivity index (χ1n) is 4.55. The second-order valence-corrected chi connectivity index (χ2v) is 4.02. The van der Waals surface area contributed by atoms with Gasteiger partial charge in [-0.05, 0) is 32.6 Å². The molecule has 2 bridgehead atoms. The van der Waals surface area contributed by atoms with E-state index >= 15 is 0 Å². The van der Waals surface area contributed by atoms with Crippen LogP contribution in [-0.4, -0.2) is 11.7 Å². The molecule has 2 heterocycles. The van der Waals surface area contributed by atoms with Crippen LogP contribution >= 0.6 is 0 Å². The van der Waals surface area contributed by atoms with Crippen LogP contribution < -0.4 is 0 Å². The molecule has 0 saturated carbocycles. The van der Waals surface area contributed by atoms with Gasteiger partial charge >= 0.3 is 0 Å². The number of ether oxygens (including phenoxy) is 1. The van der Waals surface area contributed by atoms with Crippen molar-refractivity contribution >= 4 is 0 Å². The van der Waals surface area contributed by atoms with Crippen LogP contribution in [-0.2, 0) is 4.74 Å². The highest BCUT2D eigenvalue weighted by Crippen LogP contribution is 2.45. The molecular formula is C10H16O. The number of fused-ring (bicyclic) bond motifs is 2. The van der Waals surface area contributed by atoms with Crippen LogP contribution in [0, 0.1) is 5.92 Å². The summed E-state index contributed by atoms with van der Waals surface area (Å²) in [5.41, 5.74) is 0.144. The fourth-order valence-corrected chi connectivity index (χ4v) is 2.50. The summed E-state index contributed by atoms with van der Waals surface area (Å²) in [6.07, 6.45) is 7.65. The van der Waals surface area contributed by atoms with Crippen molar-refractivity contribution in [2.75, 3.05) is 0 Å². The monoisotopic (exact) mass is 152 g/mol. The molecule has 0 radical (unpaired) electrons. The van der Waals surface area contributed by atoms with E-state index < -0.39 is 0 Å². The normalized spacial score (nSPS) is 49.2. The van der Waals surface area contributed by atoms with Gasteiger partial charge in [0.1, 0.15) is 0 Å². The number of hydrogen-bond donors (Lipinski definition) is 0. The first kappa shape index (κ1) is 7.35. The van der Waals surface area contributed by atoms with Crippen molar-refractivity contribution in [3.05, 3.63) is 12.7 Å². The fourth-order valence-electron chi connectivity index (χ4n) is 2.50. The third-order valence-electron chi connectivity index (χ3n) is 3.22. The molecule has 1 heteroatoms. The van der Waals surface area contributed by atoms with Gasteiger partial charge in [0.25, 0.3) is 0 Å². The van der Waals surface area contributed by atoms with Crippen molar-refractivity contribution in [1.82, 2.24) is 0 Å². The zero-order valence-electron chi connectivity index (χ0n) is 7.18. The fraction of sp³-hybridized carbons (Fsp3) is 0.800. The molecule has 1 nitrogen and oxygen atoms in total. The molecule has 0 amide bonds. The molecule has 0 N–H and O–H groups in total. The van der Waals surface area contributed by atoms with Gasteiger partial charge in [-0.15, -0.1) is 6.58 Å². The van der Waals surface area contributed by atoms with Crippen molar-refractivity contribution in [1.29, 1.82) is 0 Å².